The number of nitrogens with one attached hydrogen (secondary N) is 1. The Morgan fingerprint density at radius 3 is 2.16 bits per heavy atom. The molecule has 0 aromatic carbocycles. The maximum absolute atomic E-state index is 11.2. The molecule has 0 aliphatic carbocycles. The maximum Gasteiger partial charge on any atom is 0.311 e. The van der Waals surface area contributed by atoms with Crippen molar-refractivity contribution in [1.29, 1.82) is 0 Å². The van der Waals surface area contributed by atoms with Gasteiger partial charge in [-0.3, -0.25) is 14.9 Å². The van der Waals surface area contributed by atoms with Crippen molar-refractivity contribution in [3.05, 3.63) is 22.5 Å². The number of hydrogen-bond donors (Lipinski definition) is 2. The summed E-state index contributed by atoms with van der Waals surface area (Å²) in [4.78, 5) is 28.7. The van der Waals surface area contributed by atoms with E-state index in [0.29, 0.717) is 0 Å². The second-order valence-corrected chi connectivity index (χ2v) is 5.20. The summed E-state index contributed by atoms with van der Waals surface area (Å²) in [6, 6.07) is 0. The lowest BCUT2D eigenvalue weighted by atomic mass is 9.74. The molecule has 0 unspecified atom stereocenters. The van der Waals surface area contributed by atoms with Crippen LogP contribution >= 0.6 is 0 Å². The summed E-state index contributed by atoms with van der Waals surface area (Å²) in [5, 5.41) is 22.6. The standard InChI is InChI=1S/C11H16N4O4/c1-10(2,8(16)17)11(3,4)14-9-12-5-7(6-13-9)15(18)19/h5-6H,1-4H3,(H,16,17)(H,12,13,14). The zero-order valence-corrected chi connectivity index (χ0v) is 11.2. The van der Waals surface area contributed by atoms with Crippen LogP contribution in [0.15, 0.2) is 12.4 Å². The highest BCUT2D eigenvalue weighted by molar-refractivity contribution is 5.76. The van der Waals surface area contributed by atoms with Gasteiger partial charge in [0.05, 0.1) is 15.9 Å². The van der Waals surface area contributed by atoms with Gasteiger partial charge in [-0.25, -0.2) is 9.97 Å². The summed E-state index contributed by atoms with van der Waals surface area (Å²) in [5.41, 5.74) is -2.13. The maximum atomic E-state index is 11.2. The van der Waals surface area contributed by atoms with E-state index in [4.69, 9.17) is 0 Å². The SMILES string of the molecule is CC(C)(Nc1ncc([N+](=O)[O-])cn1)C(C)(C)C(=O)O. The summed E-state index contributed by atoms with van der Waals surface area (Å²) < 4.78 is 0. The molecule has 19 heavy (non-hydrogen) atoms. The van der Waals surface area contributed by atoms with E-state index in [9.17, 15) is 20.0 Å². The lowest BCUT2D eigenvalue weighted by molar-refractivity contribution is -0.385. The Morgan fingerprint density at radius 1 is 1.32 bits per heavy atom. The van der Waals surface area contributed by atoms with E-state index in [1.807, 2.05) is 0 Å². The number of aromatic nitrogens is 2. The van der Waals surface area contributed by atoms with E-state index < -0.39 is 21.8 Å². The fourth-order valence-electron chi connectivity index (χ4n) is 1.18. The first-order valence-corrected chi connectivity index (χ1v) is 5.56. The topological polar surface area (TPSA) is 118 Å². The van der Waals surface area contributed by atoms with Crippen LogP contribution in [0.25, 0.3) is 0 Å². The van der Waals surface area contributed by atoms with Gasteiger partial charge < -0.3 is 10.4 Å². The minimum Gasteiger partial charge on any atom is -0.481 e. The largest absolute Gasteiger partial charge is 0.481 e. The molecule has 8 heteroatoms. The number of rotatable bonds is 5. The van der Waals surface area contributed by atoms with E-state index in [1.165, 1.54) is 0 Å². The third-order valence-corrected chi connectivity index (χ3v) is 3.37. The van der Waals surface area contributed by atoms with Crippen molar-refractivity contribution >= 4 is 17.6 Å². The van der Waals surface area contributed by atoms with Gasteiger partial charge in [-0.15, -0.1) is 0 Å². The Morgan fingerprint density at radius 2 is 1.79 bits per heavy atom. The van der Waals surface area contributed by atoms with Crippen molar-refractivity contribution in [1.82, 2.24) is 9.97 Å². The zero-order chi connectivity index (χ0) is 14.8. The van der Waals surface area contributed by atoms with Crippen LogP contribution in [0.1, 0.15) is 27.7 Å². The van der Waals surface area contributed by atoms with Crippen LogP contribution in [0.3, 0.4) is 0 Å². The highest BCUT2D eigenvalue weighted by Crippen LogP contribution is 2.33. The minimum atomic E-state index is -1.07. The molecule has 0 atom stereocenters. The van der Waals surface area contributed by atoms with Gasteiger partial charge in [0.1, 0.15) is 12.4 Å². The number of nitrogens with zero attached hydrogens (tertiary/aromatic N) is 3. The normalized spacial score (nSPS) is 12.0. The van der Waals surface area contributed by atoms with Gasteiger partial charge >= 0.3 is 11.7 Å². The second-order valence-electron chi connectivity index (χ2n) is 5.20. The molecule has 0 spiro atoms. The van der Waals surface area contributed by atoms with Crippen molar-refractivity contribution in [3.8, 4) is 0 Å². The molecule has 0 radical (unpaired) electrons. The predicted octanol–water partition coefficient (Wildman–Crippen LogP) is 1.69. The van der Waals surface area contributed by atoms with Crippen molar-refractivity contribution in [3.63, 3.8) is 0 Å². The zero-order valence-electron chi connectivity index (χ0n) is 11.2. The first-order valence-electron chi connectivity index (χ1n) is 5.56. The Labute approximate surface area is 110 Å². The Balaban J connectivity index is 2.95. The number of nitro groups is 1. The van der Waals surface area contributed by atoms with Crippen molar-refractivity contribution < 1.29 is 14.8 Å². The summed E-state index contributed by atoms with van der Waals surface area (Å²) >= 11 is 0. The number of carboxylic acid groups (broad SMARTS) is 1. The molecule has 1 aromatic rings. The summed E-state index contributed by atoms with van der Waals surface area (Å²) in [6.45, 7) is 6.55. The summed E-state index contributed by atoms with van der Waals surface area (Å²) in [7, 11) is 0. The lowest BCUT2D eigenvalue weighted by Crippen LogP contribution is -2.50. The second kappa shape index (κ2) is 4.79. The van der Waals surface area contributed by atoms with Crippen LogP contribution in [0.2, 0.25) is 0 Å². The van der Waals surface area contributed by atoms with Gasteiger partial charge in [0.2, 0.25) is 5.95 Å². The molecule has 0 aliphatic heterocycles. The fourth-order valence-corrected chi connectivity index (χ4v) is 1.18. The van der Waals surface area contributed by atoms with Crippen LogP contribution in [-0.4, -0.2) is 31.5 Å². The Kier molecular flexibility index (Phi) is 3.73. The third-order valence-electron chi connectivity index (χ3n) is 3.37. The number of carboxylic acids is 1. The highest BCUT2D eigenvalue weighted by atomic mass is 16.6. The van der Waals surface area contributed by atoms with E-state index in [-0.39, 0.29) is 11.6 Å². The monoisotopic (exact) mass is 268 g/mol. The molecule has 2 N–H and O–H groups in total. The molecule has 104 valence electrons. The molecule has 8 nitrogen and oxygen atoms in total. The van der Waals surface area contributed by atoms with Crippen LogP contribution < -0.4 is 5.32 Å². The van der Waals surface area contributed by atoms with E-state index in [2.05, 4.69) is 15.3 Å². The molecule has 0 fully saturated rings. The van der Waals surface area contributed by atoms with Gasteiger partial charge in [0.25, 0.3) is 0 Å². The van der Waals surface area contributed by atoms with Gasteiger partial charge in [0.15, 0.2) is 0 Å². The Bertz CT molecular complexity index is 496. The smallest absolute Gasteiger partial charge is 0.311 e. The molecule has 0 bridgehead atoms. The first-order chi connectivity index (χ1) is 8.58. The fraction of sp³-hybridized carbons (Fsp3) is 0.545. The Hall–Kier alpha value is -2.25. The quantitative estimate of drug-likeness (QED) is 0.616. The average Bonchev–Trinajstić information content (AvgIpc) is 2.28. The van der Waals surface area contributed by atoms with Gasteiger partial charge in [0, 0.05) is 0 Å². The number of aliphatic carboxylic acids is 1. The number of carbonyl (C=O) groups is 1. The molecular formula is C11H16N4O4. The predicted molar refractivity (Wildman–Crippen MR) is 67.8 cm³/mol. The number of hydrogen-bond acceptors (Lipinski definition) is 6. The van der Waals surface area contributed by atoms with Crippen LogP contribution in [0, 0.1) is 15.5 Å². The average molecular weight is 268 g/mol. The van der Waals surface area contributed by atoms with Crippen molar-refractivity contribution in [2.45, 2.75) is 33.2 Å². The van der Waals surface area contributed by atoms with Crippen molar-refractivity contribution in [2.24, 2.45) is 5.41 Å². The molecule has 1 heterocycles. The van der Waals surface area contributed by atoms with Crippen molar-refractivity contribution in [2.75, 3.05) is 5.32 Å². The van der Waals surface area contributed by atoms with Gasteiger partial charge in [-0.05, 0) is 27.7 Å². The molecule has 0 aliphatic rings. The molecular weight excluding hydrogens is 252 g/mol. The highest BCUT2D eigenvalue weighted by Gasteiger charge is 2.44. The summed E-state index contributed by atoms with van der Waals surface area (Å²) in [6.07, 6.45) is 2.14. The number of anilines is 1. The first kappa shape index (κ1) is 14.8. The van der Waals surface area contributed by atoms with E-state index >= 15 is 0 Å². The minimum absolute atomic E-state index is 0.143. The molecule has 1 aromatic heterocycles. The van der Waals surface area contributed by atoms with E-state index in [0.717, 1.165) is 12.4 Å². The molecule has 0 saturated carbocycles. The van der Waals surface area contributed by atoms with Crippen LogP contribution in [-0.2, 0) is 4.79 Å². The van der Waals surface area contributed by atoms with Crippen LogP contribution in [0.4, 0.5) is 11.6 Å². The third kappa shape index (κ3) is 2.95. The lowest BCUT2D eigenvalue weighted by Gasteiger charge is -2.38. The molecule has 0 amide bonds. The molecule has 1 rings (SSSR count). The van der Waals surface area contributed by atoms with Gasteiger partial charge in [-0.1, -0.05) is 0 Å². The van der Waals surface area contributed by atoms with Gasteiger partial charge in [-0.2, -0.15) is 0 Å². The van der Waals surface area contributed by atoms with E-state index in [1.54, 1.807) is 27.7 Å². The molecule has 0 saturated heterocycles. The van der Waals surface area contributed by atoms with Crippen LogP contribution in [0.5, 0.6) is 0 Å². The summed E-state index contributed by atoms with van der Waals surface area (Å²) in [5.74, 6) is -0.822.